The van der Waals surface area contributed by atoms with E-state index in [9.17, 15) is 0 Å². The molecule has 1 heteroatoms. The molecule has 1 nitrogen and oxygen atoms in total. The van der Waals surface area contributed by atoms with Crippen LogP contribution >= 0.6 is 0 Å². The van der Waals surface area contributed by atoms with Crippen LogP contribution in [0.5, 0.6) is 0 Å². The smallest absolute Gasteiger partial charge is 0.00646 e. The molecule has 0 aromatic heterocycles. The summed E-state index contributed by atoms with van der Waals surface area (Å²) in [6.45, 7) is 9.12. The maximum Gasteiger partial charge on any atom is 0.00646 e. The molecule has 1 radical (unpaired) electrons. The van der Waals surface area contributed by atoms with E-state index in [0.717, 1.165) is 0 Å². The summed E-state index contributed by atoms with van der Waals surface area (Å²) in [5, 5.41) is 0. The molecule has 1 aliphatic carbocycles. The highest BCUT2D eigenvalue weighted by atomic mass is 14.7. The predicted molar refractivity (Wildman–Crippen MR) is 53.7 cm³/mol. The summed E-state index contributed by atoms with van der Waals surface area (Å²) < 4.78 is 0. The summed E-state index contributed by atoms with van der Waals surface area (Å²) >= 11 is 0. The molecule has 2 unspecified atom stereocenters. The van der Waals surface area contributed by atoms with E-state index in [4.69, 9.17) is 5.73 Å². The molecule has 0 spiro atoms. The zero-order valence-electron chi connectivity index (χ0n) is 8.85. The molecule has 2 atom stereocenters. The summed E-state index contributed by atoms with van der Waals surface area (Å²) in [6.07, 6.45) is 6.10. The van der Waals surface area contributed by atoms with Crippen molar-refractivity contribution in [3.05, 3.63) is 6.42 Å². The number of hydrogen-bond donors (Lipinski definition) is 1. The molecule has 0 aromatic rings. The first-order valence-electron chi connectivity index (χ1n) is 4.93. The second-order valence-electron chi connectivity index (χ2n) is 5.48. The summed E-state index contributed by atoms with van der Waals surface area (Å²) in [5.74, 6) is 0. The molecule has 2 N–H and O–H groups in total. The van der Waals surface area contributed by atoms with E-state index in [2.05, 4.69) is 34.1 Å². The highest BCUT2D eigenvalue weighted by molar-refractivity contribution is 4.98. The van der Waals surface area contributed by atoms with E-state index in [1.54, 1.807) is 0 Å². The minimum absolute atomic E-state index is 0.313. The molecule has 0 bridgehead atoms. The molecule has 0 saturated heterocycles. The van der Waals surface area contributed by atoms with Crippen LogP contribution in [0.15, 0.2) is 0 Å². The minimum atomic E-state index is 0.313. The van der Waals surface area contributed by atoms with Crippen molar-refractivity contribution >= 4 is 0 Å². The van der Waals surface area contributed by atoms with Crippen molar-refractivity contribution in [3.8, 4) is 0 Å². The molecular formula is C11H22N. The van der Waals surface area contributed by atoms with E-state index in [0.29, 0.717) is 16.9 Å². The first kappa shape index (κ1) is 10.0. The lowest BCUT2D eigenvalue weighted by Gasteiger charge is -2.45. The van der Waals surface area contributed by atoms with Gasteiger partial charge in [-0.3, -0.25) is 0 Å². The average molecular weight is 168 g/mol. The van der Waals surface area contributed by atoms with Gasteiger partial charge in [0.2, 0.25) is 0 Å². The Morgan fingerprint density at radius 3 is 2.17 bits per heavy atom. The molecule has 0 heterocycles. The number of rotatable bonds is 1. The van der Waals surface area contributed by atoms with Crippen LogP contribution in [0.1, 0.15) is 47.0 Å². The van der Waals surface area contributed by atoms with Crippen LogP contribution in [0.4, 0.5) is 0 Å². The van der Waals surface area contributed by atoms with Crippen LogP contribution in [-0.2, 0) is 0 Å². The van der Waals surface area contributed by atoms with Crippen molar-refractivity contribution in [1.82, 2.24) is 0 Å². The van der Waals surface area contributed by atoms with Gasteiger partial charge >= 0.3 is 0 Å². The van der Waals surface area contributed by atoms with Gasteiger partial charge in [0.15, 0.2) is 0 Å². The van der Waals surface area contributed by atoms with E-state index >= 15 is 0 Å². The van der Waals surface area contributed by atoms with Gasteiger partial charge in [-0.25, -0.2) is 0 Å². The highest BCUT2D eigenvalue weighted by Crippen LogP contribution is 2.46. The Kier molecular flexibility index (Phi) is 2.53. The summed E-state index contributed by atoms with van der Waals surface area (Å²) in [4.78, 5) is 0. The maximum atomic E-state index is 6.00. The van der Waals surface area contributed by atoms with E-state index in [1.165, 1.54) is 19.3 Å². The summed E-state index contributed by atoms with van der Waals surface area (Å²) in [6, 6.07) is 0.313. The monoisotopic (exact) mass is 168 g/mol. The summed E-state index contributed by atoms with van der Waals surface area (Å²) in [5.41, 5.74) is 6.80. The van der Waals surface area contributed by atoms with Crippen molar-refractivity contribution in [2.75, 3.05) is 0 Å². The van der Waals surface area contributed by atoms with Crippen molar-refractivity contribution in [2.24, 2.45) is 16.6 Å². The van der Waals surface area contributed by atoms with E-state index < -0.39 is 0 Å². The van der Waals surface area contributed by atoms with Crippen LogP contribution in [0.3, 0.4) is 0 Å². The van der Waals surface area contributed by atoms with Crippen LogP contribution in [-0.4, -0.2) is 6.04 Å². The van der Waals surface area contributed by atoms with Crippen molar-refractivity contribution in [2.45, 2.75) is 53.0 Å². The lowest BCUT2D eigenvalue weighted by atomic mass is 9.62. The normalized spacial score (nSPS) is 37.8. The Morgan fingerprint density at radius 1 is 1.25 bits per heavy atom. The third-order valence-corrected chi connectivity index (χ3v) is 3.29. The quantitative estimate of drug-likeness (QED) is 0.640. The highest BCUT2D eigenvalue weighted by Gasteiger charge is 2.38. The van der Waals surface area contributed by atoms with Crippen molar-refractivity contribution in [3.63, 3.8) is 0 Å². The van der Waals surface area contributed by atoms with Crippen LogP contribution < -0.4 is 5.73 Å². The molecule has 0 aliphatic heterocycles. The first-order valence-corrected chi connectivity index (χ1v) is 4.93. The Labute approximate surface area is 76.7 Å². The fraction of sp³-hybridized carbons (Fsp3) is 0.909. The topological polar surface area (TPSA) is 26.0 Å². The second kappa shape index (κ2) is 3.02. The Balaban J connectivity index is 2.68. The molecule has 0 amide bonds. The molecule has 12 heavy (non-hydrogen) atoms. The van der Waals surface area contributed by atoms with Gasteiger partial charge in [0.05, 0.1) is 0 Å². The average Bonchev–Trinajstić information content (AvgIpc) is 1.83. The van der Waals surface area contributed by atoms with Crippen molar-refractivity contribution in [1.29, 1.82) is 0 Å². The molecule has 1 aliphatic rings. The van der Waals surface area contributed by atoms with Gasteiger partial charge < -0.3 is 5.73 Å². The molecule has 1 rings (SSSR count). The van der Waals surface area contributed by atoms with E-state index in [-0.39, 0.29) is 0 Å². The third kappa shape index (κ3) is 2.01. The maximum absolute atomic E-state index is 6.00. The largest absolute Gasteiger partial charge is 0.327 e. The molecular weight excluding hydrogens is 146 g/mol. The number of nitrogens with two attached hydrogens (primary N) is 1. The zero-order valence-corrected chi connectivity index (χ0v) is 8.85. The Hall–Kier alpha value is -0.0400. The predicted octanol–water partition coefficient (Wildman–Crippen LogP) is 2.75. The molecule has 1 fully saturated rings. The fourth-order valence-electron chi connectivity index (χ4n) is 2.38. The van der Waals surface area contributed by atoms with Gasteiger partial charge in [-0.15, -0.1) is 0 Å². The SMILES string of the molecule is CC(N)C1(C)C[CH]CC(C)(C)C1. The van der Waals surface area contributed by atoms with E-state index in [1.807, 2.05) is 0 Å². The number of hydrogen-bond acceptors (Lipinski definition) is 1. The van der Waals surface area contributed by atoms with Crippen LogP contribution in [0, 0.1) is 17.3 Å². The van der Waals surface area contributed by atoms with Gasteiger partial charge in [0.25, 0.3) is 0 Å². The first-order chi connectivity index (χ1) is 5.36. The van der Waals surface area contributed by atoms with Crippen LogP contribution in [0.25, 0.3) is 0 Å². The third-order valence-electron chi connectivity index (χ3n) is 3.29. The Morgan fingerprint density at radius 2 is 1.83 bits per heavy atom. The Bertz CT molecular complexity index is 160. The summed E-state index contributed by atoms with van der Waals surface area (Å²) in [7, 11) is 0. The fourth-order valence-corrected chi connectivity index (χ4v) is 2.38. The van der Waals surface area contributed by atoms with Crippen molar-refractivity contribution < 1.29 is 0 Å². The minimum Gasteiger partial charge on any atom is -0.327 e. The second-order valence-corrected chi connectivity index (χ2v) is 5.48. The lowest BCUT2D eigenvalue weighted by Crippen LogP contribution is -2.43. The standard InChI is InChI=1S/C11H22N/c1-9(12)11(4)7-5-6-10(2,3)8-11/h5,9H,6-8,12H2,1-4H3. The molecule has 0 aromatic carbocycles. The van der Waals surface area contributed by atoms with Gasteiger partial charge in [-0.1, -0.05) is 20.8 Å². The van der Waals surface area contributed by atoms with Gasteiger partial charge in [-0.2, -0.15) is 0 Å². The molecule has 71 valence electrons. The van der Waals surface area contributed by atoms with Gasteiger partial charge in [0.1, 0.15) is 0 Å². The lowest BCUT2D eigenvalue weighted by molar-refractivity contribution is 0.110. The molecule has 1 saturated carbocycles. The van der Waals surface area contributed by atoms with Gasteiger partial charge in [0, 0.05) is 6.04 Å². The van der Waals surface area contributed by atoms with Gasteiger partial charge in [-0.05, 0) is 43.4 Å². The zero-order chi connectivity index (χ0) is 9.41. The van der Waals surface area contributed by atoms with Crippen LogP contribution in [0.2, 0.25) is 0 Å².